The molecular formula is C13H19F2N3O2S. The van der Waals surface area contributed by atoms with Crippen molar-refractivity contribution in [3.8, 4) is 0 Å². The number of nitrogens with zero attached hydrogens (tertiary/aromatic N) is 2. The quantitative estimate of drug-likeness (QED) is 0.852. The molecule has 2 rings (SSSR count). The van der Waals surface area contributed by atoms with Gasteiger partial charge in [0.1, 0.15) is 16.4 Å². The van der Waals surface area contributed by atoms with E-state index in [9.17, 15) is 17.2 Å². The molecule has 0 saturated carbocycles. The van der Waals surface area contributed by atoms with Gasteiger partial charge in [0.25, 0.3) is 0 Å². The Morgan fingerprint density at radius 1 is 1.24 bits per heavy atom. The van der Waals surface area contributed by atoms with Crippen LogP contribution in [-0.2, 0) is 10.0 Å². The fourth-order valence-electron chi connectivity index (χ4n) is 2.49. The standard InChI is InChI=1S/C13H19F2N3O2S/c1-17(2)9-5-7-18(8-6-9)21(19,20)11-4-3-10(14)13(16)12(11)15/h3-4,9H,5-8,16H2,1-2H3. The Morgan fingerprint density at radius 3 is 2.33 bits per heavy atom. The van der Waals surface area contributed by atoms with E-state index in [4.69, 9.17) is 5.73 Å². The molecule has 2 N–H and O–H groups in total. The van der Waals surface area contributed by atoms with Gasteiger partial charge in [-0.05, 0) is 39.1 Å². The number of hydrogen-bond acceptors (Lipinski definition) is 4. The van der Waals surface area contributed by atoms with Crippen molar-refractivity contribution in [2.45, 2.75) is 23.8 Å². The summed E-state index contributed by atoms with van der Waals surface area (Å²) in [5.41, 5.74) is 4.47. The predicted molar refractivity (Wildman–Crippen MR) is 76.2 cm³/mol. The molecule has 1 aromatic rings. The summed E-state index contributed by atoms with van der Waals surface area (Å²) in [4.78, 5) is 1.48. The molecule has 1 heterocycles. The van der Waals surface area contributed by atoms with E-state index in [2.05, 4.69) is 0 Å². The van der Waals surface area contributed by atoms with E-state index in [1.807, 2.05) is 19.0 Å². The molecule has 21 heavy (non-hydrogen) atoms. The van der Waals surface area contributed by atoms with Gasteiger partial charge in [-0.15, -0.1) is 0 Å². The Balaban J connectivity index is 2.26. The Labute approximate surface area is 123 Å². The lowest BCUT2D eigenvalue weighted by Gasteiger charge is -2.34. The molecule has 0 unspecified atom stereocenters. The molecule has 5 nitrogen and oxygen atoms in total. The van der Waals surface area contributed by atoms with Gasteiger partial charge < -0.3 is 10.6 Å². The molecule has 0 aliphatic carbocycles. The summed E-state index contributed by atoms with van der Waals surface area (Å²) in [6, 6.07) is 2.10. The number of halogens is 2. The first-order chi connectivity index (χ1) is 9.75. The summed E-state index contributed by atoms with van der Waals surface area (Å²) < 4.78 is 53.2. The van der Waals surface area contributed by atoms with Gasteiger partial charge in [-0.2, -0.15) is 4.31 Å². The highest BCUT2D eigenvalue weighted by molar-refractivity contribution is 7.89. The number of hydrogen-bond donors (Lipinski definition) is 1. The van der Waals surface area contributed by atoms with Gasteiger partial charge in [-0.1, -0.05) is 0 Å². The van der Waals surface area contributed by atoms with Crippen LogP contribution in [0.3, 0.4) is 0 Å². The number of piperidine rings is 1. The Morgan fingerprint density at radius 2 is 1.81 bits per heavy atom. The molecule has 0 bridgehead atoms. The van der Waals surface area contributed by atoms with Crippen LogP contribution in [0.4, 0.5) is 14.5 Å². The maximum absolute atomic E-state index is 13.9. The zero-order chi connectivity index (χ0) is 15.8. The van der Waals surface area contributed by atoms with E-state index < -0.39 is 32.2 Å². The molecule has 1 aliphatic rings. The molecule has 1 aliphatic heterocycles. The number of anilines is 1. The van der Waals surface area contributed by atoms with Crippen molar-refractivity contribution in [1.82, 2.24) is 9.21 Å². The largest absolute Gasteiger partial charge is 0.394 e. The van der Waals surface area contributed by atoms with Crippen LogP contribution in [-0.4, -0.2) is 50.8 Å². The van der Waals surface area contributed by atoms with Gasteiger partial charge in [0.05, 0.1) is 0 Å². The number of nitrogen functional groups attached to an aromatic ring is 1. The van der Waals surface area contributed by atoms with Crippen LogP contribution in [0.2, 0.25) is 0 Å². The van der Waals surface area contributed by atoms with Crippen molar-refractivity contribution < 1.29 is 17.2 Å². The first-order valence-electron chi connectivity index (χ1n) is 6.65. The Hall–Kier alpha value is -1.25. The van der Waals surface area contributed by atoms with Crippen LogP contribution in [0.15, 0.2) is 17.0 Å². The first-order valence-corrected chi connectivity index (χ1v) is 8.09. The number of nitrogens with two attached hydrogens (primary N) is 1. The van der Waals surface area contributed by atoms with Gasteiger partial charge in [0, 0.05) is 19.1 Å². The second kappa shape index (κ2) is 5.86. The van der Waals surface area contributed by atoms with Crippen LogP contribution >= 0.6 is 0 Å². The van der Waals surface area contributed by atoms with E-state index in [0.29, 0.717) is 32.0 Å². The third-order valence-electron chi connectivity index (χ3n) is 3.86. The molecule has 0 radical (unpaired) electrons. The molecule has 1 fully saturated rings. The highest BCUT2D eigenvalue weighted by Gasteiger charge is 2.32. The Bertz CT molecular complexity index is 627. The third-order valence-corrected chi connectivity index (χ3v) is 5.78. The lowest BCUT2D eigenvalue weighted by Crippen LogP contribution is -2.44. The van der Waals surface area contributed by atoms with Crippen LogP contribution < -0.4 is 5.73 Å². The maximum Gasteiger partial charge on any atom is 0.246 e. The van der Waals surface area contributed by atoms with Crippen molar-refractivity contribution >= 4 is 15.7 Å². The number of benzene rings is 1. The zero-order valence-electron chi connectivity index (χ0n) is 12.0. The molecule has 8 heteroatoms. The lowest BCUT2D eigenvalue weighted by atomic mass is 10.1. The smallest absolute Gasteiger partial charge is 0.246 e. The van der Waals surface area contributed by atoms with Crippen molar-refractivity contribution in [3.05, 3.63) is 23.8 Å². The Kier molecular flexibility index (Phi) is 4.50. The summed E-state index contributed by atoms with van der Waals surface area (Å²) in [6.45, 7) is 0.615. The minimum Gasteiger partial charge on any atom is -0.394 e. The van der Waals surface area contributed by atoms with Crippen molar-refractivity contribution in [2.24, 2.45) is 0 Å². The molecule has 0 spiro atoms. The van der Waals surface area contributed by atoms with Crippen LogP contribution in [0.25, 0.3) is 0 Å². The minimum atomic E-state index is -3.99. The molecule has 0 atom stereocenters. The predicted octanol–water partition coefficient (Wildman–Crippen LogP) is 1.26. The molecule has 1 aromatic carbocycles. The maximum atomic E-state index is 13.9. The van der Waals surface area contributed by atoms with Gasteiger partial charge in [0.15, 0.2) is 5.82 Å². The van der Waals surface area contributed by atoms with E-state index in [-0.39, 0.29) is 0 Å². The van der Waals surface area contributed by atoms with Gasteiger partial charge in [-0.3, -0.25) is 0 Å². The fourth-order valence-corrected chi connectivity index (χ4v) is 4.03. The zero-order valence-corrected chi connectivity index (χ0v) is 12.8. The molecule has 0 amide bonds. The first kappa shape index (κ1) is 16.1. The highest BCUT2D eigenvalue weighted by Crippen LogP contribution is 2.27. The van der Waals surface area contributed by atoms with E-state index in [0.717, 1.165) is 12.1 Å². The summed E-state index contributed by atoms with van der Waals surface area (Å²) in [6.07, 6.45) is 1.34. The summed E-state index contributed by atoms with van der Waals surface area (Å²) in [5, 5.41) is 0. The second-order valence-corrected chi connectivity index (χ2v) is 7.28. The third kappa shape index (κ3) is 3.02. The molecule has 0 aromatic heterocycles. The average Bonchev–Trinajstić information content (AvgIpc) is 2.44. The second-order valence-electron chi connectivity index (χ2n) is 5.37. The average molecular weight is 319 g/mol. The number of sulfonamides is 1. The van der Waals surface area contributed by atoms with Crippen LogP contribution in [0.1, 0.15) is 12.8 Å². The van der Waals surface area contributed by atoms with Crippen molar-refractivity contribution in [1.29, 1.82) is 0 Å². The summed E-state index contributed by atoms with van der Waals surface area (Å²) >= 11 is 0. The van der Waals surface area contributed by atoms with E-state index >= 15 is 0 Å². The molecular weight excluding hydrogens is 300 g/mol. The SMILES string of the molecule is CN(C)C1CCN(S(=O)(=O)c2ccc(F)c(N)c2F)CC1. The van der Waals surface area contributed by atoms with Crippen molar-refractivity contribution in [3.63, 3.8) is 0 Å². The summed E-state index contributed by atoms with van der Waals surface area (Å²) in [7, 11) is -0.109. The normalized spacial score (nSPS) is 18.3. The lowest BCUT2D eigenvalue weighted by molar-refractivity contribution is 0.196. The van der Waals surface area contributed by atoms with E-state index in [1.165, 1.54) is 4.31 Å². The topological polar surface area (TPSA) is 66.6 Å². The van der Waals surface area contributed by atoms with Gasteiger partial charge in [0.2, 0.25) is 10.0 Å². The van der Waals surface area contributed by atoms with Crippen LogP contribution in [0, 0.1) is 11.6 Å². The van der Waals surface area contributed by atoms with Crippen LogP contribution in [0.5, 0.6) is 0 Å². The van der Waals surface area contributed by atoms with Gasteiger partial charge >= 0.3 is 0 Å². The number of rotatable bonds is 3. The van der Waals surface area contributed by atoms with E-state index in [1.54, 1.807) is 0 Å². The monoisotopic (exact) mass is 319 g/mol. The summed E-state index contributed by atoms with van der Waals surface area (Å²) in [5.74, 6) is -2.18. The van der Waals surface area contributed by atoms with Crippen molar-refractivity contribution in [2.75, 3.05) is 32.9 Å². The minimum absolute atomic E-state index is 0.305. The molecule has 118 valence electrons. The van der Waals surface area contributed by atoms with Gasteiger partial charge in [-0.25, -0.2) is 17.2 Å². The fraction of sp³-hybridized carbons (Fsp3) is 0.538. The molecule has 1 saturated heterocycles. The highest BCUT2D eigenvalue weighted by atomic mass is 32.2.